The van der Waals surface area contributed by atoms with E-state index in [0.717, 1.165) is 25.8 Å². The summed E-state index contributed by atoms with van der Waals surface area (Å²) in [5.74, 6) is 0.488. The van der Waals surface area contributed by atoms with E-state index in [1.54, 1.807) is 30.1 Å². The Hall–Kier alpha value is -2.42. The van der Waals surface area contributed by atoms with Gasteiger partial charge in [0.2, 0.25) is 0 Å². The van der Waals surface area contributed by atoms with Gasteiger partial charge in [0.15, 0.2) is 5.16 Å². The molecule has 0 spiro atoms. The third-order valence-electron chi connectivity index (χ3n) is 5.78. The van der Waals surface area contributed by atoms with E-state index in [4.69, 9.17) is 0 Å². The Morgan fingerprint density at radius 3 is 2.79 bits per heavy atom. The third-order valence-corrected chi connectivity index (χ3v) is 6.90. The average molecular weight is 401 g/mol. The van der Waals surface area contributed by atoms with Gasteiger partial charge in [-0.05, 0) is 55.5 Å². The summed E-state index contributed by atoms with van der Waals surface area (Å²) in [6, 6.07) is 5.03. The van der Waals surface area contributed by atoms with E-state index in [0.29, 0.717) is 21.5 Å². The highest BCUT2D eigenvalue weighted by Crippen LogP contribution is 2.37. The fraction of sp³-hybridized carbons (Fsp3) is 0.526. The highest BCUT2D eigenvalue weighted by molar-refractivity contribution is 7.99. The predicted molar refractivity (Wildman–Crippen MR) is 104 cm³/mol. The molecular weight excluding hydrogens is 378 g/mol. The second-order valence-electron chi connectivity index (χ2n) is 7.52. The van der Waals surface area contributed by atoms with Crippen LogP contribution in [-0.2, 0) is 7.05 Å². The van der Waals surface area contributed by atoms with Gasteiger partial charge in [-0.2, -0.15) is 0 Å². The number of hydrogen-bond donors (Lipinski definition) is 0. The number of benzene rings is 1. The zero-order valence-electron chi connectivity index (χ0n) is 15.8. The topological polar surface area (TPSA) is 94.2 Å². The summed E-state index contributed by atoms with van der Waals surface area (Å²) in [6.07, 6.45) is 8.35. The van der Waals surface area contributed by atoms with Crippen LogP contribution in [0.15, 0.2) is 34.6 Å². The minimum Gasteiger partial charge on any atom is -0.335 e. The first-order chi connectivity index (χ1) is 13.5. The first-order valence-electron chi connectivity index (χ1n) is 9.66. The maximum atomic E-state index is 13.2. The minimum atomic E-state index is -0.435. The van der Waals surface area contributed by atoms with E-state index in [2.05, 4.69) is 10.2 Å². The van der Waals surface area contributed by atoms with Crippen molar-refractivity contribution >= 4 is 23.4 Å². The minimum absolute atomic E-state index is 0.0731. The van der Waals surface area contributed by atoms with Crippen LogP contribution in [0.4, 0.5) is 5.69 Å². The highest BCUT2D eigenvalue weighted by Gasteiger charge is 2.36. The fourth-order valence-corrected chi connectivity index (χ4v) is 5.24. The van der Waals surface area contributed by atoms with Gasteiger partial charge < -0.3 is 9.47 Å². The standard InChI is InChI=1S/C19H23N5O3S/c1-22-12-20-21-19(22)28-17-9-8-14(11-16(17)24(26)27)18(25)23-10-4-6-13-5-2-3-7-15(13)23/h8-9,11-13,15H,2-7,10H2,1H3. The van der Waals surface area contributed by atoms with E-state index in [9.17, 15) is 14.9 Å². The molecule has 2 fully saturated rings. The summed E-state index contributed by atoms with van der Waals surface area (Å²) in [4.78, 5) is 26.8. The zero-order valence-corrected chi connectivity index (χ0v) is 16.6. The fourth-order valence-electron chi connectivity index (χ4n) is 4.39. The Morgan fingerprint density at radius 1 is 1.25 bits per heavy atom. The first kappa shape index (κ1) is 18.9. The molecule has 0 radical (unpaired) electrons. The summed E-state index contributed by atoms with van der Waals surface area (Å²) in [7, 11) is 1.78. The van der Waals surface area contributed by atoms with Crippen LogP contribution in [0.2, 0.25) is 0 Å². The second-order valence-corrected chi connectivity index (χ2v) is 8.53. The smallest absolute Gasteiger partial charge is 0.284 e. The molecule has 1 saturated heterocycles. The van der Waals surface area contributed by atoms with Gasteiger partial charge in [0.25, 0.3) is 11.6 Å². The quantitative estimate of drug-likeness (QED) is 0.573. The van der Waals surface area contributed by atoms with Crippen LogP contribution >= 0.6 is 11.8 Å². The molecule has 2 aromatic rings. The van der Waals surface area contributed by atoms with Gasteiger partial charge >= 0.3 is 0 Å². The van der Waals surface area contributed by atoms with Crippen molar-refractivity contribution in [2.45, 2.75) is 54.6 Å². The lowest BCUT2D eigenvalue weighted by Gasteiger charge is -2.44. The van der Waals surface area contributed by atoms with Gasteiger partial charge in [0.1, 0.15) is 6.33 Å². The number of nitro groups is 1. The highest BCUT2D eigenvalue weighted by atomic mass is 32.2. The number of carbonyl (C=O) groups is 1. The third kappa shape index (κ3) is 3.63. The van der Waals surface area contributed by atoms with Gasteiger partial charge in [0, 0.05) is 31.3 Å². The Kier molecular flexibility index (Phi) is 5.34. The van der Waals surface area contributed by atoms with Crippen molar-refractivity contribution in [1.29, 1.82) is 0 Å². The van der Waals surface area contributed by atoms with Crippen LogP contribution in [0.3, 0.4) is 0 Å². The van der Waals surface area contributed by atoms with Crippen LogP contribution in [0.5, 0.6) is 0 Å². The van der Waals surface area contributed by atoms with Crippen LogP contribution in [-0.4, -0.2) is 43.1 Å². The normalized spacial score (nSPS) is 22.0. The van der Waals surface area contributed by atoms with Crippen LogP contribution in [0.1, 0.15) is 48.9 Å². The van der Waals surface area contributed by atoms with Crippen molar-refractivity contribution < 1.29 is 9.72 Å². The largest absolute Gasteiger partial charge is 0.335 e. The number of fused-ring (bicyclic) bond motifs is 1. The van der Waals surface area contributed by atoms with Gasteiger partial charge in [-0.1, -0.05) is 12.8 Å². The molecule has 2 heterocycles. The number of aryl methyl sites for hydroxylation is 1. The van der Waals surface area contributed by atoms with Crippen molar-refractivity contribution in [2.24, 2.45) is 13.0 Å². The summed E-state index contributed by atoms with van der Waals surface area (Å²) < 4.78 is 1.70. The van der Waals surface area contributed by atoms with Crippen molar-refractivity contribution in [2.75, 3.05) is 6.54 Å². The van der Waals surface area contributed by atoms with Crippen molar-refractivity contribution in [1.82, 2.24) is 19.7 Å². The zero-order chi connectivity index (χ0) is 19.7. The molecule has 1 amide bonds. The molecule has 8 nitrogen and oxygen atoms in total. The molecule has 2 aliphatic rings. The molecule has 148 valence electrons. The monoisotopic (exact) mass is 401 g/mol. The van der Waals surface area contributed by atoms with E-state index in [1.165, 1.54) is 37.1 Å². The summed E-state index contributed by atoms with van der Waals surface area (Å²) in [5.41, 5.74) is 0.316. The Bertz CT molecular complexity index is 897. The number of carbonyl (C=O) groups excluding carboxylic acids is 1. The molecule has 1 saturated carbocycles. The predicted octanol–water partition coefficient (Wildman–Crippen LogP) is 3.67. The van der Waals surface area contributed by atoms with Gasteiger partial charge in [-0.15, -0.1) is 10.2 Å². The number of amides is 1. The van der Waals surface area contributed by atoms with Gasteiger partial charge in [-0.25, -0.2) is 0 Å². The summed E-state index contributed by atoms with van der Waals surface area (Å²) in [6.45, 7) is 0.739. The lowest BCUT2D eigenvalue weighted by atomic mass is 9.78. The average Bonchev–Trinajstić information content (AvgIpc) is 3.11. The molecule has 1 aromatic carbocycles. The first-order valence-corrected chi connectivity index (χ1v) is 10.5. The molecule has 28 heavy (non-hydrogen) atoms. The molecule has 2 atom stereocenters. The van der Waals surface area contributed by atoms with Gasteiger partial charge in [0.05, 0.1) is 9.82 Å². The number of rotatable bonds is 4. The lowest BCUT2D eigenvalue weighted by molar-refractivity contribution is -0.387. The van der Waals surface area contributed by atoms with Crippen LogP contribution in [0.25, 0.3) is 0 Å². The number of aromatic nitrogens is 3. The number of piperidine rings is 1. The number of likely N-dealkylation sites (tertiary alicyclic amines) is 1. The number of nitro benzene ring substituents is 1. The Morgan fingerprint density at radius 2 is 2.04 bits per heavy atom. The number of hydrogen-bond acceptors (Lipinski definition) is 6. The van der Waals surface area contributed by atoms with Gasteiger partial charge in [-0.3, -0.25) is 14.9 Å². The summed E-state index contributed by atoms with van der Waals surface area (Å²) in [5, 5.41) is 20.0. The lowest BCUT2D eigenvalue weighted by Crippen LogP contribution is -2.49. The van der Waals surface area contributed by atoms with Crippen LogP contribution in [0, 0.1) is 16.0 Å². The van der Waals surface area contributed by atoms with E-state index in [-0.39, 0.29) is 17.6 Å². The molecule has 1 aromatic heterocycles. The number of nitrogens with zero attached hydrogens (tertiary/aromatic N) is 5. The maximum absolute atomic E-state index is 13.2. The van der Waals surface area contributed by atoms with E-state index < -0.39 is 4.92 Å². The molecule has 0 bridgehead atoms. The van der Waals surface area contributed by atoms with Crippen molar-refractivity contribution in [3.8, 4) is 0 Å². The molecular formula is C19H23N5O3S. The SMILES string of the molecule is Cn1cnnc1Sc1ccc(C(=O)N2CCCC3CCCCC32)cc1[N+](=O)[O-]. The Labute approximate surface area is 167 Å². The molecule has 1 aliphatic carbocycles. The van der Waals surface area contributed by atoms with Crippen LogP contribution < -0.4 is 0 Å². The molecule has 9 heteroatoms. The molecule has 0 N–H and O–H groups in total. The van der Waals surface area contributed by atoms with Crippen molar-refractivity contribution in [3.05, 3.63) is 40.2 Å². The summed E-state index contributed by atoms with van der Waals surface area (Å²) >= 11 is 1.17. The maximum Gasteiger partial charge on any atom is 0.284 e. The molecule has 4 rings (SSSR count). The Balaban J connectivity index is 1.60. The van der Waals surface area contributed by atoms with E-state index in [1.807, 2.05) is 4.90 Å². The van der Waals surface area contributed by atoms with Crippen molar-refractivity contribution in [3.63, 3.8) is 0 Å². The van der Waals surface area contributed by atoms with E-state index >= 15 is 0 Å². The molecule has 2 unspecified atom stereocenters. The second kappa shape index (κ2) is 7.90. The molecule has 1 aliphatic heterocycles.